The molecule has 0 saturated carbocycles. The van der Waals surface area contributed by atoms with Gasteiger partial charge in [0, 0.05) is 6.54 Å². The number of carbonyl (C=O) groups is 2. The highest BCUT2D eigenvalue weighted by molar-refractivity contribution is 6.05. The van der Waals surface area contributed by atoms with Gasteiger partial charge < -0.3 is 15.0 Å². The second-order valence-corrected chi connectivity index (χ2v) is 6.48. The largest absolute Gasteiger partial charge is 0.458 e. The van der Waals surface area contributed by atoms with E-state index in [2.05, 4.69) is 10.2 Å². The van der Waals surface area contributed by atoms with Crippen molar-refractivity contribution in [2.24, 2.45) is 0 Å². The van der Waals surface area contributed by atoms with Crippen LogP contribution in [0.5, 0.6) is 0 Å². The Morgan fingerprint density at radius 3 is 2.92 bits per heavy atom. The molecule has 0 spiro atoms. The van der Waals surface area contributed by atoms with Crippen LogP contribution in [0.25, 0.3) is 6.08 Å². The monoisotopic (exact) mass is 348 g/mol. The van der Waals surface area contributed by atoms with Crippen LogP contribution in [0, 0.1) is 0 Å². The maximum absolute atomic E-state index is 12.3. The molecule has 5 heteroatoms. The number of benzene rings is 2. The third-order valence-electron chi connectivity index (χ3n) is 4.78. The molecule has 1 amide bonds. The molecule has 4 rings (SSSR count). The standard InChI is InChI=1S/C21H20N2O3/c24-20-19-9-4-12-23(19)18-11-10-16(14-17(18)22-20)21(25)26-13-5-8-15-6-2-1-3-7-15/h1-3,5-8,10-11,14,19H,4,9,12-13H2,(H,22,24)/b8-5+/t19-/m0/s1. The van der Waals surface area contributed by atoms with E-state index in [9.17, 15) is 9.59 Å². The van der Waals surface area contributed by atoms with Gasteiger partial charge in [-0.2, -0.15) is 0 Å². The van der Waals surface area contributed by atoms with Crippen LogP contribution >= 0.6 is 0 Å². The minimum atomic E-state index is -0.400. The summed E-state index contributed by atoms with van der Waals surface area (Å²) < 4.78 is 5.30. The fourth-order valence-corrected chi connectivity index (χ4v) is 3.51. The molecule has 0 aliphatic carbocycles. The van der Waals surface area contributed by atoms with Crippen LogP contribution in [0.3, 0.4) is 0 Å². The van der Waals surface area contributed by atoms with Crippen LogP contribution in [-0.2, 0) is 9.53 Å². The van der Waals surface area contributed by atoms with E-state index in [-0.39, 0.29) is 18.6 Å². The summed E-state index contributed by atoms with van der Waals surface area (Å²) in [6, 6.07) is 15.1. The van der Waals surface area contributed by atoms with Gasteiger partial charge in [0.2, 0.25) is 5.91 Å². The molecule has 2 heterocycles. The van der Waals surface area contributed by atoms with Gasteiger partial charge in [-0.15, -0.1) is 0 Å². The van der Waals surface area contributed by atoms with Crippen molar-refractivity contribution in [3.05, 3.63) is 65.7 Å². The maximum Gasteiger partial charge on any atom is 0.338 e. The molecule has 1 saturated heterocycles. The number of nitrogens with one attached hydrogen (secondary N) is 1. The zero-order chi connectivity index (χ0) is 17.9. The van der Waals surface area contributed by atoms with Gasteiger partial charge >= 0.3 is 5.97 Å². The zero-order valence-electron chi connectivity index (χ0n) is 14.4. The van der Waals surface area contributed by atoms with Gasteiger partial charge in [-0.05, 0) is 42.7 Å². The van der Waals surface area contributed by atoms with Crippen LogP contribution in [-0.4, -0.2) is 31.1 Å². The first kappa shape index (κ1) is 16.4. The molecule has 2 aromatic rings. The smallest absolute Gasteiger partial charge is 0.338 e. The minimum Gasteiger partial charge on any atom is -0.458 e. The number of amides is 1. The molecule has 5 nitrogen and oxygen atoms in total. The number of ether oxygens (including phenoxy) is 1. The van der Waals surface area contributed by atoms with Crippen molar-refractivity contribution in [2.45, 2.75) is 18.9 Å². The molecule has 0 unspecified atom stereocenters. The second kappa shape index (κ2) is 7.04. The van der Waals surface area contributed by atoms with Gasteiger partial charge in [0.1, 0.15) is 12.6 Å². The van der Waals surface area contributed by atoms with E-state index < -0.39 is 5.97 Å². The number of rotatable bonds is 4. The minimum absolute atomic E-state index is 0.00584. The molecule has 2 aromatic carbocycles. The van der Waals surface area contributed by atoms with Crippen LogP contribution < -0.4 is 10.2 Å². The number of carbonyl (C=O) groups excluding carboxylic acids is 2. The molecule has 1 fully saturated rings. The Morgan fingerprint density at radius 1 is 1.23 bits per heavy atom. The molecule has 0 radical (unpaired) electrons. The topological polar surface area (TPSA) is 58.6 Å². The molecule has 132 valence electrons. The highest BCUT2D eigenvalue weighted by atomic mass is 16.5. The first-order valence-corrected chi connectivity index (χ1v) is 8.82. The van der Waals surface area contributed by atoms with Crippen LogP contribution in [0.15, 0.2) is 54.6 Å². The van der Waals surface area contributed by atoms with Crippen molar-refractivity contribution >= 4 is 29.3 Å². The van der Waals surface area contributed by atoms with E-state index in [0.29, 0.717) is 11.3 Å². The van der Waals surface area contributed by atoms with E-state index in [1.54, 1.807) is 12.1 Å². The highest BCUT2D eigenvalue weighted by Crippen LogP contribution is 2.37. The van der Waals surface area contributed by atoms with Crippen molar-refractivity contribution in [2.75, 3.05) is 23.4 Å². The highest BCUT2D eigenvalue weighted by Gasteiger charge is 2.36. The van der Waals surface area contributed by atoms with Gasteiger partial charge in [-0.1, -0.05) is 36.4 Å². The normalized spacial score (nSPS) is 18.4. The Labute approximate surface area is 152 Å². The van der Waals surface area contributed by atoms with Crippen LogP contribution in [0.1, 0.15) is 28.8 Å². The van der Waals surface area contributed by atoms with Crippen LogP contribution in [0.2, 0.25) is 0 Å². The average molecular weight is 348 g/mol. The predicted molar refractivity (Wildman–Crippen MR) is 101 cm³/mol. The number of anilines is 2. The third-order valence-corrected chi connectivity index (χ3v) is 4.78. The lowest BCUT2D eigenvalue weighted by molar-refractivity contribution is -0.117. The van der Waals surface area contributed by atoms with Gasteiger partial charge in [0.05, 0.1) is 16.9 Å². The summed E-state index contributed by atoms with van der Waals surface area (Å²) in [5.41, 5.74) is 3.16. The predicted octanol–water partition coefficient (Wildman–Crippen LogP) is 3.48. The third kappa shape index (κ3) is 3.20. The molecule has 0 bridgehead atoms. The summed E-state index contributed by atoms with van der Waals surface area (Å²) in [4.78, 5) is 26.6. The number of esters is 1. The first-order chi connectivity index (χ1) is 12.7. The van der Waals surface area contributed by atoms with Crippen molar-refractivity contribution in [1.82, 2.24) is 0 Å². The van der Waals surface area contributed by atoms with Gasteiger partial charge in [0.15, 0.2) is 0 Å². The zero-order valence-corrected chi connectivity index (χ0v) is 14.4. The Hall–Kier alpha value is -3.08. The van der Waals surface area contributed by atoms with Gasteiger partial charge in [0.25, 0.3) is 0 Å². The second-order valence-electron chi connectivity index (χ2n) is 6.48. The molecule has 26 heavy (non-hydrogen) atoms. The Balaban J connectivity index is 1.42. The lowest BCUT2D eigenvalue weighted by Gasteiger charge is -2.33. The summed E-state index contributed by atoms with van der Waals surface area (Å²) in [5, 5.41) is 2.91. The lowest BCUT2D eigenvalue weighted by Crippen LogP contribution is -2.43. The SMILES string of the molecule is O=C(OC/C=C/c1ccccc1)c1ccc2c(c1)NC(=O)[C@@H]1CCCN21. The summed E-state index contributed by atoms with van der Waals surface area (Å²) in [7, 11) is 0. The average Bonchev–Trinajstić information content (AvgIpc) is 3.16. The van der Waals surface area contributed by atoms with E-state index >= 15 is 0 Å². The summed E-state index contributed by atoms with van der Waals surface area (Å²) in [5.74, 6) is -0.394. The molecule has 1 N–H and O–H groups in total. The Bertz CT molecular complexity index is 861. The molecular weight excluding hydrogens is 328 g/mol. The van der Waals surface area contributed by atoms with E-state index in [1.165, 1.54) is 0 Å². The fraction of sp³-hybridized carbons (Fsp3) is 0.238. The van der Waals surface area contributed by atoms with E-state index in [1.807, 2.05) is 48.6 Å². The quantitative estimate of drug-likeness (QED) is 0.860. The Morgan fingerprint density at radius 2 is 2.08 bits per heavy atom. The van der Waals surface area contributed by atoms with E-state index in [0.717, 1.165) is 30.6 Å². The van der Waals surface area contributed by atoms with Crippen LogP contribution in [0.4, 0.5) is 11.4 Å². The fourth-order valence-electron chi connectivity index (χ4n) is 3.51. The lowest BCUT2D eigenvalue weighted by atomic mass is 10.1. The number of hydrogen-bond acceptors (Lipinski definition) is 4. The first-order valence-electron chi connectivity index (χ1n) is 8.82. The number of fused-ring (bicyclic) bond motifs is 3. The van der Waals surface area contributed by atoms with E-state index in [4.69, 9.17) is 4.74 Å². The summed E-state index contributed by atoms with van der Waals surface area (Å²) in [6.07, 6.45) is 5.61. The van der Waals surface area contributed by atoms with Crippen molar-refractivity contribution in [3.63, 3.8) is 0 Å². The molecule has 0 aromatic heterocycles. The summed E-state index contributed by atoms with van der Waals surface area (Å²) in [6.45, 7) is 1.07. The molecule has 2 aliphatic rings. The number of hydrogen-bond donors (Lipinski definition) is 1. The van der Waals surface area contributed by atoms with Crippen molar-refractivity contribution < 1.29 is 14.3 Å². The van der Waals surface area contributed by atoms with Crippen molar-refractivity contribution in [3.8, 4) is 0 Å². The molecule has 2 aliphatic heterocycles. The van der Waals surface area contributed by atoms with Gasteiger partial charge in [-0.3, -0.25) is 4.79 Å². The van der Waals surface area contributed by atoms with Crippen molar-refractivity contribution in [1.29, 1.82) is 0 Å². The Kier molecular flexibility index (Phi) is 4.44. The molecular formula is C21H20N2O3. The maximum atomic E-state index is 12.3. The van der Waals surface area contributed by atoms with Gasteiger partial charge in [-0.25, -0.2) is 4.79 Å². The molecule has 1 atom stereocenters. The number of nitrogens with zero attached hydrogens (tertiary/aromatic N) is 1. The summed E-state index contributed by atoms with van der Waals surface area (Å²) >= 11 is 0.